The van der Waals surface area contributed by atoms with Crippen LogP contribution in [0.4, 0.5) is 0 Å². The molecule has 4 rings (SSSR count). The molecule has 3 aromatic heterocycles. The van der Waals surface area contributed by atoms with Crippen LogP contribution in [0, 0.1) is 13.8 Å². The summed E-state index contributed by atoms with van der Waals surface area (Å²) in [6.45, 7) is 3.69. The van der Waals surface area contributed by atoms with Crippen molar-refractivity contribution in [2.24, 2.45) is 0 Å². The van der Waals surface area contributed by atoms with Crippen LogP contribution in [0.15, 0.2) is 39.5 Å². The Morgan fingerprint density at radius 1 is 1.12 bits per heavy atom. The van der Waals surface area contributed by atoms with Gasteiger partial charge in [-0.1, -0.05) is 0 Å². The average molecular weight is 338 g/mol. The van der Waals surface area contributed by atoms with Gasteiger partial charge in [-0.25, -0.2) is 14.8 Å². The minimum Gasteiger partial charge on any atom is -0.497 e. The van der Waals surface area contributed by atoms with E-state index in [-0.39, 0.29) is 5.63 Å². The number of nitrogens with zero attached hydrogens (tertiary/aromatic N) is 2. The number of rotatable bonds is 2. The van der Waals surface area contributed by atoms with E-state index in [9.17, 15) is 4.79 Å². The summed E-state index contributed by atoms with van der Waals surface area (Å²) < 4.78 is 10.8. The number of ether oxygens (including phenoxy) is 1. The topological polar surface area (TPSA) is 65.2 Å². The van der Waals surface area contributed by atoms with Crippen molar-refractivity contribution in [1.29, 1.82) is 0 Å². The zero-order chi connectivity index (χ0) is 16.8. The molecular weight excluding hydrogens is 324 g/mol. The van der Waals surface area contributed by atoms with Crippen LogP contribution < -0.4 is 10.4 Å². The maximum Gasteiger partial charge on any atom is 0.357 e. The van der Waals surface area contributed by atoms with E-state index in [0.717, 1.165) is 32.8 Å². The van der Waals surface area contributed by atoms with Gasteiger partial charge < -0.3 is 9.15 Å². The smallest absolute Gasteiger partial charge is 0.357 e. The molecule has 24 heavy (non-hydrogen) atoms. The number of pyridine rings is 1. The Hall–Kier alpha value is -2.73. The van der Waals surface area contributed by atoms with Gasteiger partial charge in [-0.15, -0.1) is 11.3 Å². The fourth-order valence-electron chi connectivity index (χ4n) is 2.78. The summed E-state index contributed by atoms with van der Waals surface area (Å²) in [5.41, 5.74) is 3.21. The second-order valence-electron chi connectivity index (χ2n) is 5.53. The van der Waals surface area contributed by atoms with E-state index in [2.05, 4.69) is 4.98 Å². The van der Waals surface area contributed by atoms with Crippen molar-refractivity contribution < 1.29 is 9.15 Å². The van der Waals surface area contributed by atoms with E-state index in [0.29, 0.717) is 16.1 Å². The highest BCUT2D eigenvalue weighted by Crippen LogP contribution is 2.34. The van der Waals surface area contributed by atoms with Crippen LogP contribution in [0.25, 0.3) is 31.7 Å². The van der Waals surface area contributed by atoms with Crippen molar-refractivity contribution in [1.82, 2.24) is 9.97 Å². The van der Waals surface area contributed by atoms with E-state index in [1.807, 2.05) is 37.3 Å². The van der Waals surface area contributed by atoms with E-state index in [1.54, 1.807) is 14.0 Å². The lowest BCUT2D eigenvalue weighted by Gasteiger charge is -2.05. The summed E-state index contributed by atoms with van der Waals surface area (Å²) in [4.78, 5) is 22.0. The van der Waals surface area contributed by atoms with Crippen LogP contribution in [-0.4, -0.2) is 17.1 Å². The fourth-order valence-corrected chi connectivity index (χ4v) is 3.85. The van der Waals surface area contributed by atoms with Gasteiger partial charge in [-0.05, 0) is 42.8 Å². The SMILES string of the molecule is COc1ccc(-c2cc(C)c3c(n2)sc2c(=O)oc(C)nc23)cc1. The maximum absolute atomic E-state index is 12.1. The highest BCUT2D eigenvalue weighted by Gasteiger charge is 2.16. The second-order valence-corrected chi connectivity index (χ2v) is 6.53. The molecule has 4 aromatic rings. The molecule has 0 saturated heterocycles. The van der Waals surface area contributed by atoms with Gasteiger partial charge >= 0.3 is 5.63 Å². The Morgan fingerprint density at radius 3 is 2.58 bits per heavy atom. The molecule has 0 radical (unpaired) electrons. The monoisotopic (exact) mass is 338 g/mol. The Balaban J connectivity index is 1.98. The number of methoxy groups -OCH3 is 1. The highest BCUT2D eigenvalue weighted by atomic mass is 32.1. The lowest BCUT2D eigenvalue weighted by atomic mass is 10.1. The summed E-state index contributed by atoms with van der Waals surface area (Å²) in [5, 5.41) is 0.920. The van der Waals surface area contributed by atoms with Crippen LogP contribution in [0.5, 0.6) is 5.75 Å². The predicted octanol–water partition coefficient (Wildman–Crippen LogP) is 4.09. The summed E-state index contributed by atoms with van der Waals surface area (Å²) in [5.74, 6) is 1.17. The Morgan fingerprint density at radius 2 is 1.88 bits per heavy atom. The molecule has 6 heteroatoms. The first-order valence-electron chi connectivity index (χ1n) is 7.43. The third kappa shape index (κ3) is 2.27. The van der Waals surface area contributed by atoms with Gasteiger partial charge in [0, 0.05) is 17.9 Å². The van der Waals surface area contributed by atoms with Crippen molar-refractivity contribution in [3.8, 4) is 17.0 Å². The standard InChI is InChI=1S/C18H14N2O3S/c1-9-8-13(11-4-6-12(22-3)7-5-11)20-17-14(9)15-16(24-17)18(21)23-10(2)19-15/h4-8H,1-3H3. The Labute approximate surface area is 141 Å². The van der Waals surface area contributed by atoms with Crippen molar-refractivity contribution in [2.75, 3.05) is 7.11 Å². The third-order valence-corrected chi connectivity index (χ3v) is 4.97. The van der Waals surface area contributed by atoms with E-state index < -0.39 is 0 Å². The van der Waals surface area contributed by atoms with Crippen LogP contribution in [-0.2, 0) is 0 Å². The molecule has 0 bridgehead atoms. The van der Waals surface area contributed by atoms with Crippen LogP contribution in [0.2, 0.25) is 0 Å². The molecule has 5 nitrogen and oxygen atoms in total. The molecule has 0 aliphatic rings. The van der Waals surface area contributed by atoms with Gasteiger partial charge in [-0.3, -0.25) is 0 Å². The van der Waals surface area contributed by atoms with Crippen molar-refractivity contribution >= 4 is 31.8 Å². The average Bonchev–Trinajstić information content (AvgIpc) is 2.94. The van der Waals surface area contributed by atoms with Crippen molar-refractivity contribution in [3.05, 3.63) is 52.2 Å². The number of hydrogen-bond donors (Lipinski definition) is 0. The van der Waals surface area contributed by atoms with Gasteiger partial charge in [0.25, 0.3) is 0 Å². The Kier molecular flexibility index (Phi) is 3.35. The zero-order valence-corrected chi connectivity index (χ0v) is 14.2. The summed E-state index contributed by atoms with van der Waals surface area (Å²) in [7, 11) is 1.64. The van der Waals surface area contributed by atoms with Gasteiger partial charge in [-0.2, -0.15) is 0 Å². The molecule has 1 aromatic carbocycles. The first-order chi connectivity index (χ1) is 11.6. The Bertz CT molecular complexity index is 1130. The molecular formula is C18H14N2O3S. The third-order valence-electron chi connectivity index (χ3n) is 3.91. The van der Waals surface area contributed by atoms with Crippen molar-refractivity contribution in [2.45, 2.75) is 13.8 Å². The second kappa shape index (κ2) is 5.42. The molecule has 0 amide bonds. The summed E-state index contributed by atoms with van der Waals surface area (Å²) in [6.07, 6.45) is 0. The quantitative estimate of drug-likeness (QED) is 0.551. The lowest BCUT2D eigenvalue weighted by Crippen LogP contribution is -1.99. The molecule has 120 valence electrons. The number of fused-ring (bicyclic) bond motifs is 3. The largest absolute Gasteiger partial charge is 0.497 e. The van der Waals surface area contributed by atoms with Gasteiger partial charge in [0.2, 0.25) is 0 Å². The van der Waals surface area contributed by atoms with Crippen LogP contribution in [0.1, 0.15) is 11.5 Å². The van der Waals surface area contributed by atoms with E-state index in [4.69, 9.17) is 14.1 Å². The molecule has 0 aliphatic heterocycles. The number of aromatic nitrogens is 2. The van der Waals surface area contributed by atoms with E-state index >= 15 is 0 Å². The fraction of sp³-hybridized carbons (Fsp3) is 0.167. The van der Waals surface area contributed by atoms with Crippen LogP contribution in [0.3, 0.4) is 0 Å². The van der Waals surface area contributed by atoms with Crippen LogP contribution >= 0.6 is 11.3 Å². The summed E-state index contributed by atoms with van der Waals surface area (Å²) in [6, 6.07) is 9.76. The first kappa shape index (κ1) is 14.8. The van der Waals surface area contributed by atoms with Gasteiger partial charge in [0.15, 0.2) is 5.89 Å². The lowest BCUT2D eigenvalue weighted by molar-refractivity contribution is 0.415. The molecule has 0 spiro atoms. The van der Waals surface area contributed by atoms with Crippen molar-refractivity contribution in [3.63, 3.8) is 0 Å². The number of hydrogen-bond acceptors (Lipinski definition) is 6. The maximum atomic E-state index is 12.1. The molecule has 0 atom stereocenters. The minimum absolute atomic E-state index is 0.356. The van der Waals surface area contributed by atoms with E-state index in [1.165, 1.54) is 11.3 Å². The number of aryl methyl sites for hydroxylation is 2. The molecule has 0 N–H and O–H groups in total. The van der Waals surface area contributed by atoms with Gasteiger partial charge in [0.05, 0.1) is 12.8 Å². The highest BCUT2D eigenvalue weighted by molar-refractivity contribution is 7.25. The zero-order valence-electron chi connectivity index (χ0n) is 13.4. The molecule has 0 unspecified atom stereocenters. The number of thiophene rings is 1. The first-order valence-corrected chi connectivity index (χ1v) is 8.24. The van der Waals surface area contributed by atoms with Gasteiger partial charge in [0.1, 0.15) is 20.8 Å². The number of benzene rings is 1. The molecule has 0 fully saturated rings. The summed E-state index contributed by atoms with van der Waals surface area (Å²) >= 11 is 1.32. The molecule has 3 heterocycles. The molecule has 0 saturated carbocycles. The predicted molar refractivity (Wildman–Crippen MR) is 94.9 cm³/mol. The molecule has 0 aliphatic carbocycles. The normalized spacial score (nSPS) is 11.3. The minimum atomic E-state index is -0.356.